The first-order valence-corrected chi connectivity index (χ1v) is 8.97. The van der Waals surface area contributed by atoms with Crippen LogP contribution in [-0.2, 0) is 0 Å². The number of nitrogens with zero attached hydrogens (tertiary/aromatic N) is 3. The summed E-state index contributed by atoms with van der Waals surface area (Å²) in [5, 5.41) is 6.42. The second-order valence-corrected chi connectivity index (χ2v) is 6.84. The van der Waals surface area contributed by atoms with Crippen molar-refractivity contribution < 1.29 is 8.78 Å². The fourth-order valence-corrected chi connectivity index (χ4v) is 3.52. The van der Waals surface area contributed by atoms with Crippen molar-refractivity contribution in [2.45, 2.75) is 0 Å². The Morgan fingerprint density at radius 2 is 1.61 bits per heavy atom. The van der Waals surface area contributed by atoms with Gasteiger partial charge >= 0.3 is 0 Å². The van der Waals surface area contributed by atoms with Gasteiger partial charge in [-0.2, -0.15) is 5.10 Å². The second kappa shape index (κ2) is 6.39. The van der Waals surface area contributed by atoms with E-state index in [-0.39, 0.29) is 5.52 Å². The summed E-state index contributed by atoms with van der Waals surface area (Å²) >= 11 is 6.02. The zero-order valence-corrected chi connectivity index (χ0v) is 15.2. The van der Waals surface area contributed by atoms with Crippen molar-refractivity contribution in [1.82, 2.24) is 14.8 Å². The maximum absolute atomic E-state index is 14.3. The molecule has 5 aromatic rings. The van der Waals surface area contributed by atoms with E-state index >= 15 is 0 Å². The summed E-state index contributed by atoms with van der Waals surface area (Å²) < 4.78 is 30.0. The van der Waals surface area contributed by atoms with E-state index in [0.29, 0.717) is 27.0 Å². The number of aromatic nitrogens is 3. The van der Waals surface area contributed by atoms with Crippen molar-refractivity contribution in [3.05, 3.63) is 89.6 Å². The smallest absolute Gasteiger partial charge is 0.152 e. The van der Waals surface area contributed by atoms with Gasteiger partial charge in [0.15, 0.2) is 5.82 Å². The quantitative estimate of drug-likeness (QED) is 0.360. The van der Waals surface area contributed by atoms with E-state index in [2.05, 4.69) is 4.98 Å². The molecule has 2 aromatic heterocycles. The lowest BCUT2D eigenvalue weighted by molar-refractivity contribution is 0.590. The van der Waals surface area contributed by atoms with Crippen molar-refractivity contribution in [2.24, 2.45) is 0 Å². The standard InChI is InChI=1S/C22H12ClF2N3/c23-14-6-8-16(9-7-14)28-22-17-10-15(24)11-19(25)21(17)26-12-18(22)20(27-28)13-4-2-1-3-5-13/h1-12H. The third kappa shape index (κ3) is 2.63. The van der Waals surface area contributed by atoms with Gasteiger partial charge in [-0.15, -0.1) is 0 Å². The molecular formula is C22H12ClF2N3. The highest BCUT2D eigenvalue weighted by Gasteiger charge is 2.19. The van der Waals surface area contributed by atoms with E-state index in [1.165, 1.54) is 6.07 Å². The first-order valence-electron chi connectivity index (χ1n) is 8.59. The first kappa shape index (κ1) is 16.8. The topological polar surface area (TPSA) is 30.7 Å². The summed E-state index contributed by atoms with van der Waals surface area (Å²) in [6.07, 6.45) is 1.58. The molecule has 5 rings (SSSR count). The number of halogens is 3. The third-order valence-electron chi connectivity index (χ3n) is 4.65. The summed E-state index contributed by atoms with van der Waals surface area (Å²) in [7, 11) is 0. The molecule has 0 aliphatic heterocycles. The van der Waals surface area contributed by atoms with Gasteiger partial charge < -0.3 is 0 Å². The molecule has 0 atom stereocenters. The molecule has 0 saturated heterocycles. The third-order valence-corrected chi connectivity index (χ3v) is 4.90. The number of benzene rings is 3. The van der Waals surface area contributed by atoms with Crippen molar-refractivity contribution in [1.29, 1.82) is 0 Å². The lowest BCUT2D eigenvalue weighted by Crippen LogP contribution is -1.98. The van der Waals surface area contributed by atoms with Gasteiger partial charge in [-0.1, -0.05) is 41.9 Å². The van der Waals surface area contributed by atoms with Crippen molar-refractivity contribution in [3.63, 3.8) is 0 Å². The number of hydrogen-bond acceptors (Lipinski definition) is 2. The Kier molecular flexibility index (Phi) is 3.84. The molecule has 3 nitrogen and oxygen atoms in total. The van der Waals surface area contributed by atoms with E-state index < -0.39 is 11.6 Å². The molecule has 3 aromatic carbocycles. The van der Waals surface area contributed by atoms with Crippen molar-refractivity contribution in [3.8, 4) is 16.9 Å². The van der Waals surface area contributed by atoms with Gasteiger partial charge in [0.2, 0.25) is 0 Å². The highest BCUT2D eigenvalue weighted by atomic mass is 35.5. The molecule has 0 amide bonds. The van der Waals surface area contributed by atoms with Crippen LogP contribution in [0.3, 0.4) is 0 Å². The van der Waals surface area contributed by atoms with E-state index in [9.17, 15) is 8.78 Å². The summed E-state index contributed by atoms with van der Waals surface area (Å²) in [5.41, 5.74) is 2.99. The van der Waals surface area contributed by atoms with Gasteiger partial charge in [0, 0.05) is 33.6 Å². The second-order valence-electron chi connectivity index (χ2n) is 6.41. The van der Waals surface area contributed by atoms with E-state index in [1.54, 1.807) is 23.0 Å². The van der Waals surface area contributed by atoms with Crippen LogP contribution in [0.2, 0.25) is 5.02 Å². The van der Waals surface area contributed by atoms with Gasteiger partial charge in [-0.3, -0.25) is 4.98 Å². The Morgan fingerprint density at radius 3 is 2.36 bits per heavy atom. The number of hydrogen-bond donors (Lipinski definition) is 0. The average molecular weight is 392 g/mol. The molecule has 0 aliphatic carbocycles. The van der Waals surface area contributed by atoms with Crippen LogP contribution in [0.1, 0.15) is 0 Å². The minimum Gasteiger partial charge on any atom is -0.252 e. The summed E-state index contributed by atoms with van der Waals surface area (Å²) in [6, 6.07) is 18.9. The van der Waals surface area contributed by atoms with Crippen LogP contribution >= 0.6 is 11.6 Å². The zero-order valence-electron chi connectivity index (χ0n) is 14.4. The molecule has 136 valence electrons. The predicted octanol–water partition coefficient (Wildman–Crippen LogP) is 6.17. The largest absolute Gasteiger partial charge is 0.252 e. The highest BCUT2D eigenvalue weighted by molar-refractivity contribution is 6.30. The number of rotatable bonds is 2. The number of fused-ring (bicyclic) bond motifs is 3. The van der Waals surface area contributed by atoms with Crippen LogP contribution in [0.5, 0.6) is 0 Å². The molecule has 2 heterocycles. The number of pyridine rings is 1. The molecule has 6 heteroatoms. The SMILES string of the molecule is Fc1cc(F)c2ncc3c(-c4ccccc4)nn(-c4ccc(Cl)cc4)c3c2c1. The minimum absolute atomic E-state index is 0.101. The predicted molar refractivity (Wildman–Crippen MR) is 107 cm³/mol. The summed E-state index contributed by atoms with van der Waals surface area (Å²) in [6.45, 7) is 0. The molecular weight excluding hydrogens is 380 g/mol. The van der Waals surface area contributed by atoms with Gasteiger partial charge in [0.1, 0.15) is 17.0 Å². The lowest BCUT2D eigenvalue weighted by atomic mass is 10.1. The molecule has 0 N–H and O–H groups in total. The minimum atomic E-state index is -0.706. The molecule has 0 saturated carbocycles. The van der Waals surface area contributed by atoms with Gasteiger partial charge in [-0.25, -0.2) is 13.5 Å². The zero-order chi connectivity index (χ0) is 19.3. The fraction of sp³-hybridized carbons (Fsp3) is 0. The lowest BCUT2D eigenvalue weighted by Gasteiger charge is -2.07. The normalized spacial score (nSPS) is 11.4. The Hall–Kier alpha value is -3.31. The average Bonchev–Trinajstić information content (AvgIpc) is 3.09. The molecule has 0 bridgehead atoms. The molecule has 0 fully saturated rings. The van der Waals surface area contributed by atoms with E-state index in [1.807, 2.05) is 42.5 Å². The molecule has 0 radical (unpaired) electrons. The monoisotopic (exact) mass is 391 g/mol. The van der Waals surface area contributed by atoms with Crippen molar-refractivity contribution in [2.75, 3.05) is 0 Å². The Morgan fingerprint density at radius 1 is 0.857 bits per heavy atom. The fourth-order valence-electron chi connectivity index (χ4n) is 3.40. The maximum Gasteiger partial charge on any atom is 0.152 e. The molecule has 0 unspecified atom stereocenters. The molecule has 28 heavy (non-hydrogen) atoms. The maximum atomic E-state index is 14.3. The van der Waals surface area contributed by atoms with Crippen molar-refractivity contribution >= 4 is 33.4 Å². The van der Waals surface area contributed by atoms with Gasteiger partial charge in [0.25, 0.3) is 0 Å². The van der Waals surface area contributed by atoms with Crippen LogP contribution in [0, 0.1) is 11.6 Å². The van der Waals surface area contributed by atoms with Crippen LogP contribution in [-0.4, -0.2) is 14.8 Å². The van der Waals surface area contributed by atoms with Crippen LogP contribution in [0.25, 0.3) is 38.8 Å². The van der Waals surface area contributed by atoms with E-state index in [4.69, 9.17) is 16.7 Å². The summed E-state index contributed by atoms with van der Waals surface area (Å²) in [5.74, 6) is -1.37. The molecule has 0 spiro atoms. The van der Waals surface area contributed by atoms with Gasteiger partial charge in [-0.05, 0) is 30.3 Å². The Balaban J connectivity index is 1.94. The van der Waals surface area contributed by atoms with Gasteiger partial charge in [0.05, 0.1) is 11.2 Å². The van der Waals surface area contributed by atoms with E-state index in [0.717, 1.165) is 17.3 Å². The van der Waals surface area contributed by atoms with Crippen LogP contribution < -0.4 is 0 Å². The van der Waals surface area contributed by atoms with Crippen LogP contribution in [0.4, 0.5) is 8.78 Å². The Labute approximate surface area is 163 Å². The van der Waals surface area contributed by atoms with Crippen LogP contribution in [0.15, 0.2) is 72.9 Å². The first-order chi connectivity index (χ1) is 13.6. The summed E-state index contributed by atoms with van der Waals surface area (Å²) in [4.78, 5) is 4.24. The molecule has 0 aliphatic rings. The Bertz CT molecular complexity index is 1330. The highest BCUT2D eigenvalue weighted by Crippen LogP contribution is 2.34.